The molecule has 3 N–H and O–H groups in total. The highest BCUT2D eigenvalue weighted by atomic mass is 35.5. The van der Waals surface area contributed by atoms with Gasteiger partial charge in [-0.3, -0.25) is 9.69 Å². The molecule has 0 saturated carbocycles. The van der Waals surface area contributed by atoms with E-state index < -0.39 is 6.03 Å². The van der Waals surface area contributed by atoms with Gasteiger partial charge in [0.1, 0.15) is 0 Å². The Hall–Kier alpha value is -1.75. The summed E-state index contributed by atoms with van der Waals surface area (Å²) in [6.07, 6.45) is 0. The molecule has 0 saturated heterocycles. The van der Waals surface area contributed by atoms with E-state index in [1.807, 2.05) is 0 Å². The van der Waals surface area contributed by atoms with E-state index in [-0.39, 0.29) is 12.6 Å². The Labute approximate surface area is 90.8 Å². The first-order chi connectivity index (χ1) is 7.09. The number of urea groups is 1. The van der Waals surface area contributed by atoms with Gasteiger partial charge in [0.2, 0.25) is 0 Å². The van der Waals surface area contributed by atoms with Crippen LogP contribution in [0.15, 0.2) is 12.1 Å². The first-order valence-corrected chi connectivity index (χ1v) is 4.54. The molecule has 1 aliphatic heterocycles. The Morgan fingerprint density at radius 1 is 1.67 bits per heavy atom. The summed E-state index contributed by atoms with van der Waals surface area (Å²) in [5, 5.41) is 2.83. The van der Waals surface area contributed by atoms with Crippen LogP contribution in [-0.4, -0.2) is 18.6 Å². The number of carbonyl (C=O) groups is 2. The van der Waals surface area contributed by atoms with Gasteiger partial charge in [0.25, 0.3) is 5.91 Å². The quantitative estimate of drug-likeness (QED) is 0.682. The molecule has 0 bridgehead atoms. The van der Waals surface area contributed by atoms with E-state index in [0.29, 0.717) is 16.3 Å². The summed E-state index contributed by atoms with van der Waals surface area (Å²) >= 11 is 5.70. The number of rotatable bonds is 0. The minimum atomic E-state index is -0.632. The molecule has 0 unspecified atom stereocenters. The highest BCUT2D eigenvalue weighted by Gasteiger charge is 2.25. The fourth-order valence-corrected chi connectivity index (χ4v) is 1.55. The Balaban J connectivity index is 2.55. The van der Waals surface area contributed by atoms with E-state index >= 15 is 0 Å². The van der Waals surface area contributed by atoms with Crippen molar-refractivity contribution in [1.82, 2.24) is 5.32 Å². The molecule has 6 heteroatoms. The molecule has 3 amide bonds. The normalized spacial score (nSPS) is 14.5. The molecular formula is C9H7ClN3O2. The maximum absolute atomic E-state index is 11.4. The van der Waals surface area contributed by atoms with Crippen LogP contribution in [0.5, 0.6) is 0 Å². The number of fused-ring (bicyclic) bond motifs is 1. The number of amides is 3. The van der Waals surface area contributed by atoms with Gasteiger partial charge in [-0.2, -0.15) is 0 Å². The van der Waals surface area contributed by atoms with Crippen LogP contribution in [0, 0.1) is 6.07 Å². The highest BCUT2D eigenvalue weighted by molar-refractivity contribution is 6.31. The Morgan fingerprint density at radius 2 is 2.40 bits per heavy atom. The number of nitrogens with zero attached hydrogens (tertiary/aromatic N) is 1. The Bertz CT molecular complexity index is 447. The summed E-state index contributed by atoms with van der Waals surface area (Å²) < 4.78 is 0. The van der Waals surface area contributed by atoms with E-state index in [9.17, 15) is 9.59 Å². The lowest BCUT2D eigenvalue weighted by Crippen LogP contribution is -2.48. The number of benzene rings is 1. The number of halogens is 1. The van der Waals surface area contributed by atoms with Crippen molar-refractivity contribution in [1.29, 1.82) is 0 Å². The molecule has 77 valence electrons. The van der Waals surface area contributed by atoms with Gasteiger partial charge in [-0.1, -0.05) is 11.6 Å². The number of hydrogen-bond donors (Lipinski definition) is 2. The molecule has 0 spiro atoms. The summed E-state index contributed by atoms with van der Waals surface area (Å²) in [5.41, 5.74) is 5.90. The topological polar surface area (TPSA) is 75.4 Å². The van der Waals surface area contributed by atoms with Gasteiger partial charge in [-0.15, -0.1) is 0 Å². The van der Waals surface area contributed by atoms with Crippen molar-refractivity contribution in [3.63, 3.8) is 0 Å². The van der Waals surface area contributed by atoms with E-state index in [2.05, 4.69) is 11.4 Å². The third-order valence-corrected chi connectivity index (χ3v) is 2.31. The predicted molar refractivity (Wildman–Crippen MR) is 54.7 cm³/mol. The lowest BCUT2D eigenvalue weighted by atomic mass is 10.1. The predicted octanol–water partition coefficient (Wildman–Crippen LogP) is 0.726. The zero-order chi connectivity index (χ0) is 11.0. The summed E-state index contributed by atoms with van der Waals surface area (Å²) in [4.78, 5) is 23.7. The molecular weight excluding hydrogens is 218 g/mol. The number of carbonyl (C=O) groups excluding carboxylic acids is 2. The minimum Gasteiger partial charge on any atom is -0.351 e. The van der Waals surface area contributed by atoms with Gasteiger partial charge in [-0.05, 0) is 12.1 Å². The summed E-state index contributed by atoms with van der Waals surface area (Å²) in [6, 6.07) is 4.99. The Kier molecular flexibility index (Phi) is 2.24. The zero-order valence-corrected chi connectivity index (χ0v) is 8.34. The molecule has 0 fully saturated rings. The minimum absolute atomic E-state index is 0.0661. The van der Waals surface area contributed by atoms with Crippen LogP contribution in [0.4, 0.5) is 10.5 Å². The standard InChI is InChI=1S/C9H7ClN3O2/c10-5-1-2-7-6(3-5)8(14)12-4-13(7)9(11)15/h2-3H,4H2,(H2,11,15)(H,12,14). The van der Waals surface area contributed by atoms with Crippen molar-refractivity contribution in [2.45, 2.75) is 0 Å². The maximum Gasteiger partial charge on any atom is 0.320 e. The average molecular weight is 225 g/mol. The lowest BCUT2D eigenvalue weighted by molar-refractivity contribution is 0.0949. The molecule has 2 rings (SSSR count). The van der Waals surface area contributed by atoms with E-state index in [1.165, 1.54) is 17.0 Å². The molecule has 5 nitrogen and oxygen atoms in total. The van der Waals surface area contributed by atoms with Crippen molar-refractivity contribution in [3.8, 4) is 0 Å². The van der Waals surface area contributed by atoms with Crippen molar-refractivity contribution in [2.75, 3.05) is 11.6 Å². The molecule has 1 aliphatic rings. The summed E-state index contributed by atoms with van der Waals surface area (Å²) in [5.74, 6) is -0.279. The molecule has 1 aromatic rings. The number of primary amides is 1. The van der Waals surface area contributed by atoms with E-state index in [1.54, 1.807) is 0 Å². The number of hydrogen-bond acceptors (Lipinski definition) is 2. The summed E-state index contributed by atoms with van der Waals surface area (Å²) in [6.45, 7) is 0.0661. The van der Waals surface area contributed by atoms with Gasteiger partial charge in [0, 0.05) is 11.1 Å². The number of nitrogens with one attached hydrogen (secondary N) is 1. The molecule has 0 aromatic heterocycles. The van der Waals surface area contributed by atoms with Crippen LogP contribution < -0.4 is 16.0 Å². The first-order valence-electron chi connectivity index (χ1n) is 4.16. The van der Waals surface area contributed by atoms with Gasteiger partial charge < -0.3 is 11.1 Å². The van der Waals surface area contributed by atoms with Gasteiger partial charge in [0.15, 0.2) is 0 Å². The second-order valence-corrected chi connectivity index (χ2v) is 3.42. The van der Waals surface area contributed by atoms with Crippen LogP contribution in [0.3, 0.4) is 0 Å². The fourth-order valence-electron chi connectivity index (χ4n) is 1.39. The van der Waals surface area contributed by atoms with Crippen molar-refractivity contribution >= 4 is 29.2 Å². The third-order valence-electron chi connectivity index (χ3n) is 2.09. The third kappa shape index (κ3) is 1.61. The molecule has 1 radical (unpaired) electrons. The monoisotopic (exact) mass is 224 g/mol. The average Bonchev–Trinajstić information content (AvgIpc) is 2.19. The van der Waals surface area contributed by atoms with Crippen LogP contribution in [0.2, 0.25) is 5.02 Å². The molecule has 0 atom stereocenters. The SMILES string of the molecule is NC(=O)N1CNC(=O)c2cc(Cl)[c]cc21. The molecule has 1 heterocycles. The van der Waals surface area contributed by atoms with Gasteiger partial charge >= 0.3 is 6.03 Å². The summed E-state index contributed by atoms with van der Waals surface area (Å²) in [7, 11) is 0. The first kappa shape index (κ1) is 9.79. The van der Waals surface area contributed by atoms with Crippen LogP contribution in [0.1, 0.15) is 10.4 Å². The largest absolute Gasteiger partial charge is 0.351 e. The fraction of sp³-hybridized carbons (Fsp3) is 0.111. The zero-order valence-electron chi connectivity index (χ0n) is 7.58. The van der Waals surface area contributed by atoms with Crippen molar-refractivity contribution in [2.24, 2.45) is 5.73 Å². The van der Waals surface area contributed by atoms with Crippen LogP contribution >= 0.6 is 11.6 Å². The van der Waals surface area contributed by atoms with Crippen molar-refractivity contribution < 1.29 is 9.59 Å². The van der Waals surface area contributed by atoms with Crippen LogP contribution in [-0.2, 0) is 0 Å². The molecule has 15 heavy (non-hydrogen) atoms. The Morgan fingerprint density at radius 3 is 3.07 bits per heavy atom. The lowest BCUT2D eigenvalue weighted by Gasteiger charge is -2.27. The van der Waals surface area contributed by atoms with E-state index in [4.69, 9.17) is 17.3 Å². The number of nitrogens with two attached hydrogens (primary N) is 1. The highest BCUT2D eigenvalue weighted by Crippen LogP contribution is 2.25. The van der Waals surface area contributed by atoms with E-state index in [0.717, 1.165) is 0 Å². The van der Waals surface area contributed by atoms with Crippen LogP contribution in [0.25, 0.3) is 0 Å². The molecule has 0 aliphatic carbocycles. The van der Waals surface area contributed by atoms with Gasteiger partial charge in [-0.25, -0.2) is 4.79 Å². The molecule has 1 aromatic carbocycles. The maximum atomic E-state index is 11.4. The van der Waals surface area contributed by atoms with Gasteiger partial charge in [0.05, 0.1) is 17.9 Å². The smallest absolute Gasteiger partial charge is 0.320 e. The number of anilines is 1. The second-order valence-electron chi connectivity index (χ2n) is 3.01. The second kappa shape index (κ2) is 3.43. The van der Waals surface area contributed by atoms with Crippen molar-refractivity contribution in [3.05, 3.63) is 28.8 Å².